The zero-order valence-electron chi connectivity index (χ0n) is 18.2. The standard InChI is InChI=1S/C25H23ClF3N3O2/c26-23-20-13-31(21-4-1-3-16(21)14-33)24(34)19(20)12-17(22(23)25(27,28)29)11-15-5-7-18(8-6-15)32-10-2-9-30-32/h2,5-10,12,16,21,33H,1,3-4,11,13-14H2/t16-,21+/m1/s1. The number of hydrogen-bond donors (Lipinski definition) is 1. The monoisotopic (exact) mass is 489 g/mol. The van der Waals surface area contributed by atoms with E-state index in [1.165, 1.54) is 6.07 Å². The lowest BCUT2D eigenvalue weighted by Gasteiger charge is -2.28. The van der Waals surface area contributed by atoms with E-state index >= 15 is 0 Å². The van der Waals surface area contributed by atoms with Crippen molar-refractivity contribution < 1.29 is 23.1 Å². The van der Waals surface area contributed by atoms with Gasteiger partial charge in [0, 0.05) is 48.6 Å². The highest BCUT2D eigenvalue weighted by atomic mass is 35.5. The first-order valence-electron chi connectivity index (χ1n) is 11.2. The number of hydrogen-bond acceptors (Lipinski definition) is 3. The fourth-order valence-electron chi connectivity index (χ4n) is 5.25. The molecule has 2 aliphatic rings. The molecule has 1 aliphatic heterocycles. The van der Waals surface area contributed by atoms with Gasteiger partial charge in [0.05, 0.1) is 16.3 Å². The summed E-state index contributed by atoms with van der Waals surface area (Å²) in [6.45, 7) is -0.0117. The number of rotatable bonds is 5. The molecule has 1 aliphatic carbocycles. The number of amides is 1. The Labute approximate surface area is 199 Å². The van der Waals surface area contributed by atoms with Crippen LogP contribution in [0.1, 0.15) is 51.9 Å². The van der Waals surface area contributed by atoms with Gasteiger partial charge in [-0.2, -0.15) is 18.3 Å². The zero-order valence-corrected chi connectivity index (χ0v) is 19.0. The molecular formula is C25H23ClF3N3O2. The fourth-order valence-corrected chi connectivity index (χ4v) is 5.64. The zero-order chi connectivity index (χ0) is 24.0. The summed E-state index contributed by atoms with van der Waals surface area (Å²) in [5.41, 5.74) is 0.992. The van der Waals surface area contributed by atoms with E-state index in [1.807, 2.05) is 0 Å². The molecule has 0 spiro atoms. The maximum absolute atomic E-state index is 14.1. The second-order valence-electron chi connectivity index (χ2n) is 8.92. The van der Waals surface area contributed by atoms with Crippen LogP contribution in [-0.4, -0.2) is 38.3 Å². The molecule has 0 saturated heterocycles. The summed E-state index contributed by atoms with van der Waals surface area (Å²) < 4.78 is 44.0. The minimum atomic E-state index is -4.66. The average Bonchev–Trinajstić information content (AvgIpc) is 3.54. The number of nitrogens with zero attached hydrogens (tertiary/aromatic N) is 3. The van der Waals surface area contributed by atoms with Crippen LogP contribution in [0, 0.1) is 5.92 Å². The summed E-state index contributed by atoms with van der Waals surface area (Å²) in [6, 6.07) is 10.0. The molecule has 9 heteroatoms. The van der Waals surface area contributed by atoms with E-state index in [0.717, 1.165) is 24.9 Å². The molecule has 2 heterocycles. The third-order valence-electron chi connectivity index (χ3n) is 6.91. The topological polar surface area (TPSA) is 58.4 Å². The van der Waals surface area contributed by atoms with Gasteiger partial charge in [0.2, 0.25) is 0 Å². The number of halogens is 4. The first kappa shape index (κ1) is 22.9. The summed E-state index contributed by atoms with van der Waals surface area (Å²) >= 11 is 6.35. The molecule has 1 saturated carbocycles. The van der Waals surface area contributed by atoms with Crippen LogP contribution in [0.15, 0.2) is 48.8 Å². The summed E-state index contributed by atoms with van der Waals surface area (Å²) in [5.74, 6) is -0.377. The normalized spacial score (nSPS) is 20.3. The highest BCUT2D eigenvalue weighted by Gasteiger charge is 2.44. The molecule has 1 N–H and O–H groups in total. The van der Waals surface area contributed by atoms with E-state index < -0.39 is 16.8 Å². The number of carbonyl (C=O) groups excluding carboxylic acids is 1. The lowest BCUT2D eigenvalue weighted by atomic mass is 9.94. The van der Waals surface area contributed by atoms with Crippen molar-refractivity contribution in [3.05, 3.63) is 81.6 Å². The van der Waals surface area contributed by atoms with Crippen molar-refractivity contribution in [2.24, 2.45) is 5.92 Å². The van der Waals surface area contributed by atoms with Gasteiger partial charge >= 0.3 is 6.18 Å². The first-order chi connectivity index (χ1) is 16.3. The molecule has 1 fully saturated rings. The van der Waals surface area contributed by atoms with E-state index in [9.17, 15) is 23.1 Å². The van der Waals surface area contributed by atoms with Gasteiger partial charge in [0.25, 0.3) is 5.91 Å². The van der Waals surface area contributed by atoms with E-state index in [0.29, 0.717) is 5.56 Å². The van der Waals surface area contributed by atoms with Gasteiger partial charge in [-0.05, 0) is 54.7 Å². The minimum absolute atomic E-state index is 0.0167. The quantitative estimate of drug-likeness (QED) is 0.532. The maximum atomic E-state index is 14.1. The number of carbonyl (C=O) groups is 1. The second-order valence-corrected chi connectivity index (χ2v) is 9.29. The number of alkyl halides is 3. The Morgan fingerprint density at radius 1 is 1.18 bits per heavy atom. The molecular weight excluding hydrogens is 467 g/mol. The molecule has 0 unspecified atom stereocenters. The second kappa shape index (κ2) is 8.74. The third-order valence-corrected chi connectivity index (χ3v) is 7.32. The number of aliphatic hydroxyl groups is 1. The van der Waals surface area contributed by atoms with E-state index in [2.05, 4.69) is 5.10 Å². The van der Waals surface area contributed by atoms with Gasteiger partial charge in [-0.15, -0.1) is 0 Å². The van der Waals surface area contributed by atoms with Crippen molar-refractivity contribution >= 4 is 17.5 Å². The Hall–Kier alpha value is -2.84. The Balaban J connectivity index is 1.50. The lowest BCUT2D eigenvalue weighted by Crippen LogP contribution is -2.39. The molecule has 5 nitrogen and oxygen atoms in total. The van der Waals surface area contributed by atoms with Crippen LogP contribution < -0.4 is 0 Å². The van der Waals surface area contributed by atoms with Gasteiger partial charge in [-0.25, -0.2) is 4.68 Å². The number of aliphatic hydroxyl groups excluding tert-OH is 1. The van der Waals surface area contributed by atoms with Crippen molar-refractivity contribution in [3.63, 3.8) is 0 Å². The molecule has 1 amide bonds. The van der Waals surface area contributed by atoms with Gasteiger partial charge in [-0.1, -0.05) is 30.2 Å². The molecule has 2 atom stereocenters. The van der Waals surface area contributed by atoms with Gasteiger partial charge in [0.15, 0.2) is 0 Å². The minimum Gasteiger partial charge on any atom is -0.396 e. The number of fused-ring (bicyclic) bond motifs is 1. The van der Waals surface area contributed by atoms with Crippen molar-refractivity contribution in [1.29, 1.82) is 0 Å². The van der Waals surface area contributed by atoms with Crippen LogP contribution in [0.2, 0.25) is 5.02 Å². The Morgan fingerprint density at radius 3 is 2.59 bits per heavy atom. The first-order valence-corrected chi connectivity index (χ1v) is 11.6. The van der Waals surface area contributed by atoms with Crippen LogP contribution >= 0.6 is 11.6 Å². The predicted octanol–water partition coefficient (Wildman–Crippen LogP) is 5.25. The summed E-state index contributed by atoms with van der Waals surface area (Å²) in [7, 11) is 0. The Morgan fingerprint density at radius 2 is 1.94 bits per heavy atom. The van der Waals surface area contributed by atoms with Gasteiger partial charge in [-0.3, -0.25) is 4.79 Å². The Bertz CT molecular complexity index is 1210. The molecule has 0 bridgehead atoms. The van der Waals surface area contributed by atoms with Crippen LogP contribution in [0.3, 0.4) is 0 Å². The molecule has 3 aromatic rings. The highest BCUT2D eigenvalue weighted by Crippen LogP contribution is 2.45. The smallest absolute Gasteiger partial charge is 0.396 e. The van der Waals surface area contributed by atoms with Crippen LogP contribution in [0.5, 0.6) is 0 Å². The van der Waals surface area contributed by atoms with Crippen molar-refractivity contribution in [2.75, 3.05) is 6.61 Å². The highest BCUT2D eigenvalue weighted by molar-refractivity contribution is 6.33. The third kappa shape index (κ3) is 3.99. The largest absolute Gasteiger partial charge is 0.418 e. The average molecular weight is 490 g/mol. The number of benzene rings is 2. The molecule has 2 aromatic carbocycles. The lowest BCUT2D eigenvalue weighted by molar-refractivity contribution is -0.138. The van der Waals surface area contributed by atoms with Crippen molar-refractivity contribution in [3.8, 4) is 5.69 Å². The molecule has 178 valence electrons. The van der Waals surface area contributed by atoms with E-state index in [1.54, 1.807) is 52.3 Å². The summed E-state index contributed by atoms with van der Waals surface area (Å²) in [6.07, 6.45) is 1.14. The van der Waals surface area contributed by atoms with E-state index in [-0.39, 0.29) is 54.1 Å². The molecule has 5 rings (SSSR count). The molecule has 1 aromatic heterocycles. The fraction of sp³-hybridized carbons (Fsp3) is 0.360. The predicted molar refractivity (Wildman–Crippen MR) is 121 cm³/mol. The van der Waals surface area contributed by atoms with Gasteiger partial charge in [0.1, 0.15) is 0 Å². The Kier molecular flexibility index (Phi) is 5.90. The van der Waals surface area contributed by atoms with Crippen molar-refractivity contribution in [1.82, 2.24) is 14.7 Å². The van der Waals surface area contributed by atoms with Crippen LogP contribution in [-0.2, 0) is 19.1 Å². The molecule has 34 heavy (non-hydrogen) atoms. The van der Waals surface area contributed by atoms with Crippen molar-refractivity contribution in [2.45, 2.75) is 44.4 Å². The van der Waals surface area contributed by atoms with E-state index in [4.69, 9.17) is 11.6 Å². The maximum Gasteiger partial charge on any atom is 0.418 e. The van der Waals surface area contributed by atoms with Crippen LogP contribution in [0.25, 0.3) is 5.69 Å². The summed E-state index contributed by atoms with van der Waals surface area (Å²) in [5, 5.41) is 13.4. The van der Waals surface area contributed by atoms with Gasteiger partial charge < -0.3 is 10.0 Å². The van der Waals surface area contributed by atoms with Crippen LogP contribution in [0.4, 0.5) is 13.2 Å². The SMILES string of the molecule is O=C1c2cc(Cc3ccc(-n4cccn4)cc3)c(C(F)(F)F)c(Cl)c2CN1[C@H]1CCC[C@@H]1CO. The number of aromatic nitrogens is 2. The molecule has 0 radical (unpaired) electrons. The summed E-state index contributed by atoms with van der Waals surface area (Å²) in [4.78, 5) is 14.8.